The summed E-state index contributed by atoms with van der Waals surface area (Å²) in [7, 11) is 0. The third-order valence-corrected chi connectivity index (χ3v) is 6.00. The monoisotopic (exact) mass is 352 g/mol. The maximum atomic E-state index is 12.5. The van der Waals surface area contributed by atoms with Gasteiger partial charge in [0.25, 0.3) is 0 Å². The summed E-state index contributed by atoms with van der Waals surface area (Å²) in [5.74, 6) is 0.946. The quantitative estimate of drug-likeness (QED) is 0.879. The Hall–Kier alpha value is -2.28. The van der Waals surface area contributed by atoms with Gasteiger partial charge in [-0.15, -0.1) is 5.10 Å². The van der Waals surface area contributed by atoms with Gasteiger partial charge in [-0.3, -0.25) is 19.4 Å². The maximum absolute atomic E-state index is 12.5. The molecule has 3 saturated heterocycles. The van der Waals surface area contributed by atoms with Gasteiger partial charge in [0.2, 0.25) is 5.91 Å². The third kappa shape index (κ3) is 3.11. The average molecular weight is 352 g/mol. The molecule has 2 bridgehead atoms. The predicted octanol–water partition coefficient (Wildman–Crippen LogP) is 1.33. The number of rotatable bonds is 5. The number of amides is 1. The molecule has 7 heteroatoms. The third-order valence-electron chi connectivity index (χ3n) is 6.00. The van der Waals surface area contributed by atoms with E-state index in [4.69, 9.17) is 0 Å². The summed E-state index contributed by atoms with van der Waals surface area (Å²) < 4.78 is 1.93. The zero-order valence-electron chi connectivity index (χ0n) is 14.8. The Bertz CT molecular complexity index is 786. The zero-order valence-corrected chi connectivity index (χ0v) is 14.8. The largest absolute Gasteiger partial charge is 0.353 e. The average Bonchev–Trinajstić information content (AvgIpc) is 3.38. The fourth-order valence-electron chi connectivity index (χ4n) is 4.40. The molecular weight excluding hydrogens is 328 g/mol. The molecule has 6 rings (SSSR count). The minimum atomic E-state index is 0.167. The van der Waals surface area contributed by atoms with Crippen LogP contribution in [0, 0.1) is 11.8 Å². The molecule has 5 heterocycles. The van der Waals surface area contributed by atoms with Crippen LogP contribution in [0.2, 0.25) is 0 Å². The lowest BCUT2D eigenvalue weighted by molar-refractivity contribution is -0.133. The molecule has 7 nitrogen and oxygen atoms in total. The Balaban J connectivity index is 1.24. The van der Waals surface area contributed by atoms with Crippen molar-refractivity contribution in [2.24, 2.45) is 11.8 Å². The number of carbonyl (C=O) groups is 1. The van der Waals surface area contributed by atoms with Gasteiger partial charge >= 0.3 is 0 Å². The number of hydrogen-bond donors (Lipinski definition) is 1. The molecule has 1 N–H and O–H groups in total. The molecule has 26 heavy (non-hydrogen) atoms. The number of carbonyl (C=O) groups excluding carboxylic acids is 1. The highest BCUT2D eigenvalue weighted by Crippen LogP contribution is 2.37. The summed E-state index contributed by atoms with van der Waals surface area (Å²) in [6.45, 7) is 2.80. The van der Waals surface area contributed by atoms with Gasteiger partial charge in [-0.05, 0) is 50.3 Å². The van der Waals surface area contributed by atoms with E-state index in [1.54, 1.807) is 6.20 Å². The summed E-state index contributed by atoms with van der Waals surface area (Å²) in [4.78, 5) is 19.3. The molecule has 4 fully saturated rings. The molecular formula is C19H24N6O. The van der Waals surface area contributed by atoms with E-state index in [-0.39, 0.29) is 11.8 Å². The van der Waals surface area contributed by atoms with E-state index < -0.39 is 0 Å². The predicted molar refractivity (Wildman–Crippen MR) is 96.0 cm³/mol. The number of pyridine rings is 1. The first kappa shape index (κ1) is 15.9. The van der Waals surface area contributed by atoms with Gasteiger partial charge in [0.15, 0.2) is 0 Å². The first-order valence-electron chi connectivity index (χ1n) is 9.62. The van der Waals surface area contributed by atoms with E-state index in [9.17, 15) is 4.79 Å². The number of fused-ring (bicyclic) bond motifs is 3. The SMILES string of the molecule is O=C(NC1CC1)[C@H]1CN2CCC1C[C@@H]2Cn1cc(-c2ccccn2)nn1. The molecule has 1 saturated carbocycles. The zero-order chi connectivity index (χ0) is 17.5. The number of piperidine rings is 3. The smallest absolute Gasteiger partial charge is 0.224 e. The molecule has 136 valence electrons. The molecule has 0 radical (unpaired) electrons. The van der Waals surface area contributed by atoms with Crippen LogP contribution in [0.1, 0.15) is 25.7 Å². The first-order chi connectivity index (χ1) is 12.8. The Morgan fingerprint density at radius 3 is 2.88 bits per heavy atom. The van der Waals surface area contributed by atoms with E-state index in [0.717, 1.165) is 56.7 Å². The van der Waals surface area contributed by atoms with Crippen molar-refractivity contribution in [2.45, 2.75) is 44.3 Å². The van der Waals surface area contributed by atoms with Gasteiger partial charge in [-0.1, -0.05) is 11.3 Å². The Morgan fingerprint density at radius 1 is 1.23 bits per heavy atom. The lowest BCUT2D eigenvalue weighted by atomic mass is 9.75. The molecule has 1 amide bonds. The minimum absolute atomic E-state index is 0.167. The van der Waals surface area contributed by atoms with Crippen LogP contribution in [0.15, 0.2) is 30.6 Å². The topological polar surface area (TPSA) is 75.9 Å². The number of nitrogens with zero attached hydrogens (tertiary/aromatic N) is 5. The van der Waals surface area contributed by atoms with Gasteiger partial charge in [0.1, 0.15) is 5.69 Å². The van der Waals surface area contributed by atoms with E-state index >= 15 is 0 Å². The number of nitrogens with one attached hydrogen (secondary N) is 1. The summed E-state index contributed by atoms with van der Waals surface area (Å²) in [5, 5.41) is 11.8. The van der Waals surface area contributed by atoms with Crippen molar-refractivity contribution < 1.29 is 4.79 Å². The van der Waals surface area contributed by atoms with Crippen LogP contribution in [-0.4, -0.2) is 56.0 Å². The molecule has 3 aliphatic heterocycles. The minimum Gasteiger partial charge on any atom is -0.353 e. The van der Waals surface area contributed by atoms with Crippen LogP contribution in [-0.2, 0) is 11.3 Å². The molecule has 1 aliphatic carbocycles. The summed E-state index contributed by atoms with van der Waals surface area (Å²) in [5.41, 5.74) is 1.66. The van der Waals surface area contributed by atoms with E-state index in [2.05, 4.69) is 25.5 Å². The molecule has 0 aromatic carbocycles. The first-order valence-corrected chi connectivity index (χ1v) is 9.62. The van der Waals surface area contributed by atoms with E-state index in [1.807, 2.05) is 29.1 Å². The Kier molecular flexibility index (Phi) is 3.96. The van der Waals surface area contributed by atoms with Gasteiger partial charge in [0.05, 0.1) is 24.4 Å². The van der Waals surface area contributed by atoms with Crippen molar-refractivity contribution in [3.63, 3.8) is 0 Å². The van der Waals surface area contributed by atoms with Gasteiger partial charge in [-0.25, -0.2) is 0 Å². The molecule has 2 unspecified atom stereocenters. The van der Waals surface area contributed by atoms with Crippen LogP contribution in [0.3, 0.4) is 0 Å². The van der Waals surface area contributed by atoms with Crippen LogP contribution in [0.5, 0.6) is 0 Å². The number of hydrogen-bond acceptors (Lipinski definition) is 5. The molecule has 4 aliphatic rings. The second-order valence-corrected chi connectivity index (χ2v) is 7.86. The standard InChI is InChI=1S/C19H24N6O/c26-19(21-14-4-5-14)16-11-24-8-6-13(16)9-15(24)10-25-12-18(22-23-25)17-3-1-2-7-20-17/h1-3,7,12-16H,4-6,8-11H2,(H,21,26)/t13?,15-,16+/m1/s1. The van der Waals surface area contributed by atoms with Crippen LogP contribution in [0.4, 0.5) is 0 Å². The van der Waals surface area contributed by atoms with Gasteiger partial charge in [-0.2, -0.15) is 0 Å². The van der Waals surface area contributed by atoms with Crippen molar-refractivity contribution in [3.8, 4) is 11.4 Å². The van der Waals surface area contributed by atoms with Crippen molar-refractivity contribution >= 4 is 5.91 Å². The highest BCUT2D eigenvalue weighted by atomic mass is 16.2. The van der Waals surface area contributed by atoms with Crippen molar-refractivity contribution in [3.05, 3.63) is 30.6 Å². The van der Waals surface area contributed by atoms with Crippen molar-refractivity contribution in [2.75, 3.05) is 13.1 Å². The number of aromatic nitrogens is 4. The lowest BCUT2D eigenvalue weighted by Gasteiger charge is -2.49. The Labute approximate surface area is 152 Å². The highest BCUT2D eigenvalue weighted by Gasteiger charge is 2.44. The van der Waals surface area contributed by atoms with Crippen LogP contribution < -0.4 is 5.32 Å². The van der Waals surface area contributed by atoms with Crippen molar-refractivity contribution in [1.82, 2.24) is 30.2 Å². The second-order valence-electron chi connectivity index (χ2n) is 7.86. The normalized spacial score (nSPS) is 30.3. The van der Waals surface area contributed by atoms with Crippen molar-refractivity contribution in [1.29, 1.82) is 0 Å². The summed E-state index contributed by atoms with van der Waals surface area (Å²) >= 11 is 0. The molecule has 2 aromatic rings. The molecule has 2 aromatic heterocycles. The summed E-state index contributed by atoms with van der Waals surface area (Å²) in [6, 6.07) is 6.70. The second kappa shape index (κ2) is 6.46. The van der Waals surface area contributed by atoms with E-state index in [0.29, 0.717) is 18.0 Å². The van der Waals surface area contributed by atoms with Gasteiger partial charge in [0, 0.05) is 24.8 Å². The molecule has 0 spiro atoms. The summed E-state index contributed by atoms with van der Waals surface area (Å²) in [6.07, 6.45) is 8.26. The van der Waals surface area contributed by atoms with Crippen LogP contribution >= 0.6 is 0 Å². The van der Waals surface area contributed by atoms with Crippen LogP contribution in [0.25, 0.3) is 11.4 Å². The highest BCUT2D eigenvalue weighted by molar-refractivity contribution is 5.80. The molecule has 4 atom stereocenters. The fourth-order valence-corrected chi connectivity index (χ4v) is 4.40. The Morgan fingerprint density at radius 2 is 2.15 bits per heavy atom. The fraction of sp³-hybridized carbons (Fsp3) is 0.579. The van der Waals surface area contributed by atoms with Gasteiger partial charge < -0.3 is 5.32 Å². The maximum Gasteiger partial charge on any atom is 0.224 e. The van der Waals surface area contributed by atoms with E-state index in [1.165, 1.54) is 0 Å². The lowest BCUT2D eigenvalue weighted by Crippen LogP contribution is -2.58.